The van der Waals surface area contributed by atoms with Crippen molar-refractivity contribution in [1.82, 2.24) is 10.5 Å². The molecule has 4 rings (SSSR count). The van der Waals surface area contributed by atoms with Crippen LogP contribution in [0.5, 0.6) is 5.75 Å². The molecule has 0 aliphatic carbocycles. The first-order chi connectivity index (χ1) is 13.7. The zero-order valence-corrected chi connectivity index (χ0v) is 16.6. The molecule has 0 spiro atoms. The van der Waals surface area contributed by atoms with Crippen molar-refractivity contribution < 1.29 is 14.1 Å². The molecule has 1 aromatic heterocycles. The highest BCUT2D eigenvalue weighted by Gasteiger charge is 2.28. The van der Waals surface area contributed by atoms with E-state index in [1.807, 2.05) is 25.1 Å². The van der Waals surface area contributed by atoms with E-state index in [2.05, 4.69) is 16.5 Å². The number of hydrogen-bond donors (Lipinski definition) is 1. The van der Waals surface area contributed by atoms with Crippen LogP contribution in [0.1, 0.15) is 49.1 Å². The van der Waals surface area contributed by atoms with E-state index in [0.717, 1.165) is 41.7 Å². The summed E-state index contributed by atoms with van der Waals surface area (Å²) in [7, 11) is 0. The summed E-state index contributed by atoms with van der Waals surface area (Å²) in [6.45, 7) is 4.67. The summed E-state index contributed by atoms with van der Waals surface area (Å²) in [6, 6.07) is 7.96. The number of rotatable bonds is 7. The molecule has 1 saturated heterocycles. The summed E-state index contributed by atoms with van der Waals surface area (Å²) >= 11 is 0. The number of piperidine rings is 1. The van der Waals surface area contributed by atoms with Crippen molar-refractivity contribution in [3.63, 3.8) is 0 Å². The first-order valence-electron chi connectivity index (χ1n) is 10.4. The Labute approximate surface area is 166 Å². The number of fused-ring (bicyclic) bond motifs is 1. The Morgan fingerprint density at radius 3 is 2.89 bits per heavy atom. The number of amides is 1. The minimum absolute atomic E-state index is 0.0452. The van der Waals surface area contributed by atoms with E-state index in [1.165, 1.54) is 44.3 Å². The molecule has 2 aliphatic rings. The number of aryl methyl sites for hydroxylation is 2. The molecule has 1 aromatic carbocycles. The van der Waals surface area contributed by atoms with Gasteiger partial charge in [-0.2, -0.15) is 0 Å². The second kappa shape index (κ2) is 8.78. The number of nitrogens with zero attached hydrogens (tertiary/aromatic N) is 2. The van der Waals surface area contributed by atoms with E-state index in [4.69, 9.17) is 9.26 Å². The maximum atomic E-state index is 12.5. The first-order valence-corrected chi connectivity index (χ1v) is 10.4. The number of unbranched alkanes of at least 4 members (excludes halogenated alkanes) is 1. The highest BCUT2D eigenvalue weighted by atomic mass is 16.5. The molecule has 2 aliphatic heterocycles. The van der Waals surface area contributed by atoms with Crippen LogP contribution >= 0.6 is 0 Å². The monoisotopic (exact) mass is 383 g/mol. The number of aromatic nitrogens is 1. The fraction of sp³-hybridized carbons (Fsp3) is 0.545. The summed E-state index contributed by atoms with van der Waals surface area (Å²) in [4.78, 5) is 14.2. The van der Waals surface area contributed by atoms with E-state index >= 15 is 0 Å². The molecule has 6 nitrogen and oxygen atoms in total. The molecule has 0 radical (unpaired) electrons. The zero-order valence-electron chi connectivity index (χ0n) is 16.6. The maximum absolute atomic E-state index is 12.5. The van der Waals surface area contributed by atoms with Crippen molar-refractivity contribution in [1.29, 1.82) is 0 Å². The average molecular weight is 383 g/mol. The third-order valence-corrected chi connectivity index (χ3v) is 5.77. The van der Waals surface area contributed by atoms with E-state index in [9.17, 15) is 4.79 Å². The van der Waals surface area contributed by atoms with Crippen LogP contribution in [0.25, 0.3) is 0 Å². The van der Waals surface area contributed by atoms with Gasteiger partial charge in [-0.25, -0.2) is 0 Å². The van der Waals surface area contributed by atoms with Crippen LogP contribution in [0.4, 0.5) is 5.69 Å². The number of para-hydroxylation sites is 1. The largest absolute Gasteiger partial charge is 0.481 e. The van der Waals surface area contributed by atoms with Gasteiger partial charge in [0, 0.05) is 6.07 Å². The van der Waals surface area contributed by atoms with Crippen LogP contribution in [-0.4, -0.2) is 30.8 Å². The summed E-state index contributed by atoms with van der Waals surface area (Å²) in [6.07, 6.45) is 7.31. The molecule has 6 heteroatoms. The molecule has 0 unspecified atom stereocenters. The van der Waals surface area contributed by atoms with E-state index in [0.29, 0.717) is 6.54 Å². The quantitative estimate of drug-likeness (QED) is 0.740. The summed E-state index contributed by atoms with van der Waals surface area (Å²) in [5.74, 6) is 2.43. The molecule has 1 amide bonds. The van der Waals surface area contributed by atoms with Gasteiger partial charge in [0.15, 0.2) is 6.61 Å². The molecule has 150 valence electrons. The molecular weight excluding hydrogens is 354 g/mol. The smallest absolute Gasteiger partial charge is 0.265 e. The van der Waals surface area contributed by atoms with Gasteiger partial charge < -0.3 is 14.6 Å². The third kappa shape index (κ3) is 4.38. The summed E-state index contributed by atoms with van der Waals surface area (Å²) < 4.78 is 11.0. The molecule has 2 aromatic rings. The van der Waals surface area contributed by atoms with Gasteiger partial charge in [0.05, 0.1) is 12.2 Å². The Morgan fingerprint density at radius 2 is 2.11 bits per heavy atom. The van der Waals surface area contributed by atoms with Crippen LogP contribution < -0.4 is 15.0 Å². The molecule has 3 heterocycles. The average Bonchev–Trinajstić information content (AvgIpc) is 3.13. The molecule has 1 N–H and O–H groups in total. The van der Waals surface area contributed by atoms with Gasteiger partial charge in [0.2, 0.25) is 0 Å². The van der Waals surface area contributed by atoms with Gasteiger partial charge in [-0.3, -0.25) is 9.69 Å². The normalized spacial score (nSPS) is 17.5. The standard InChI is InChI=1S/C22H29N3O3/c1-16-13-19(24-28-16)14-25-20-8-4-7-18(22(20)27-15-21(25)26)6-3-2-5-17-9-11-23-12-10-17/h4,7-8,13,17,23H,2-3,5-6,9-12,14-15H2,1H3. The van der Waals surface area contributed by atoms with Crippen molar-refractivity contribution in [2.75, 3.05) is 24.6 Å². The van der Waals surface area contributed by atoms with Gasteiger partial charge in [0.25, 0.3) is 5.91 Å². The van der Waals surface area contributed by atoms with Crippen molar-refractivity contribution in [3.05, 3.63) is 41.3 Å². The molecule has 0 saturated carbocycles. The molecular formula is C22H29N3O3. The number of carbonyl (C=O) groups excluding carboxylic acids is 1. The molecule has 0 bridgehead atoms. The lowest BCUT2D eigenvalue weighted by atomic mass is 9.91. The Morgan fingerprint density at radius 1 is 1.25 bits per heavy atom. The second-order valence-corrected chi connectivity index (χ2v) is 7.90. The van der Waals surface area contributed by atoms with Gasteiger partial charge in [-0.15, -0.1) is 0 Å². The molecule has 28 heavy (non-hydrogen) atoms. The lowest BCUT2D eigenvalue weighted by molar-refractivity contribution is -0.121. The van der Waals surface area contributed by atoms with E-state index in [1.54, 1.807) is 4.90 Å². The Bertz CT molecular complexity index is 811. The number of benzene rings is 1. The van der Waals surface area contributed by atoms with Crippen molar-refractivity contribution in [2.24, 2.45) is 5.92 Å². The zero-order chi connectivity index (χ0) is 19.3. The van der Waals surface area contributed by atoms with Gasteiger partial charge in [-0.05, 0) is 63.2 Å². The number of anilines is 1. The Kier molecular flexibility index (Phi) is 5.95. The summed E-state index contributed by atoms with van der Waals surface area (Å²) in [5.41, 5.74) is 2.79. The third-order valence-electron chi connectivity index (χ3n) is 5.77. The van der Waals surface area contributed by atoms with Crippen LogP contribution in [0, 0.1) is 12.8 Å². The lowest BCUT2D eigenvalue weighted by Gasteiger charge is -2.30. The molecule has 0 atom stereocenters. The first kappa shape index (κ1) is 19.0. The lowest BCUT2D eigenvalue weighted by Crippen LogP contribution is -2.38. The highest BCUT2D eigenvalue weighted by Crippen LogP contribution is 2.37. The SMILES string of the molecule is Cc1cc(CN2C(=O)COc3c(CCCCC4CCNCC4)cccc32)no1. The number of carbonyl (C=O) groups is 1. The van der Waals surface area contributed by atoms with Crippen LogP contribution in [0.15, 0.2) is 28.8 Å². The Balaban J connectivity index is 1.40. The molecule has 1 fully saturated rings. The minimum Gasteiger partial charge on any atom is -0.481 e. The van der Waals surface area contributed by atoms with Gasteiger partial charge in [0.1, 0.15) is 17.2 Å². The predicted molar refractivity (Wildman–Crippen MR) is 108 cm³/mol. The van der Waals surface area contributed by atoms with E-state index < -0.39 is 0 Å². The highest BCUT2D eigenvalue weighted by molar-refractivity contribution is 5.98. The van der Waals surface area contributed by atoms with Crippen LogP contribution in [0.2, 0.25) is 0 Å². The summed E-state index contributed by atoms with van der Waals surface area (Å²) in [5, 5.41) is 7.46. The topological polar surface area (TPSA) is 67.6 Å². The fourth-order valence-corrected chi connectivity index (χ4v) is 4.24. The van der Waals surface area contributed by atoms with Crippen molar-refractivity contribution >= 4 is 11.6 Å². The Hall–Kier alpha value is -2.34. The van der Waals surface area contributed by atoms with Crippen molar-refractivity contribution in [2.45, 2.75) is 52.0 Å². The van der Waals surface area contributed by atoms with Crippen molar-refractivity contribution in [3.8, 4) is 5.75 Å². The van der Waals surface area contributed by atoms with Gasteiger partial charge >= 0.3 is 0 Å². The fourth-order valence-electron chi connectivity index (χ4n) is 4.24. The van der Waals surface area contributed by atoms with Gasteiger partial charge in [-0.1, -0.05) is 30.1 Å². The number of ether oxygens (including phenoxy) is 1. The van der Waals surface area contributed by atoms with E-state index in [-0.39, 0.29) is 12.5 Å². The van der Waals surface area contributed by atoms with Crippen LogP contribution in [-0.2, 0) is 17.8 Å². The van der Waals surface area contributed by atoms with Crippen LogP contribution in [0.3, 0.4) is 0 Å². The maximum Gasteiger partial charge on any atom is 0.265 e. The second-order valence-electron chi connectivity index (χ2n) is 7.90. The number of hydrogen-bond acceptors (Lipinski definition) is 5. The number of nitrogens with one attached hydrogen (secondary N) is 1. The predicted octanol–water partition coefficient (Wildman–Crippen LogP) is 3.62. The minimum atomic E-state index is -0.0452.